The van der Waals surface area contributed by atoms with E-state index in [2.05, 4.69) is 11.9 Å². The van der Waals surface area contributed by atoms with E-state index in [0.29, 0.717) is 18.1 Å². The Hall–Kier alpha value is -1.18. The van der Waals surface area contributed by atoms with Crippen LogP contribution in [-0.2, 0) is 4.79 Å². The molecule has 0 amide bonds. The smallest absolute Gasteiger partial charge is 0.142 e. The Morgan fingerprint density at radius 3 is 2.76 bits per heavy atom. The third-order valence-corrected chi connectivity index (χ3v) is 3.72. The zero-order valence-corrected chi connectivity index (χ0v) is 10.6. The van der Waals surface area contributed by atoms with Crippen LogP contribution in [0.25, 0.3) is 0 Å². The molecule has 1 aliphatic rings. The molecule has 0 aromatic carbocycles. The lowest BCUT2D eigenvalue weighted by atomic mass is 9.83. The normalized spacial score (nSPS) is 18.2. The molecule has 0 bridgehead atoms. The summed E-state index contributed by atoms with van der Waals surface area (Å²) in [4.78, 5) is 16.7. The van der Waals surface area contributed by atoms with Gasteiger partial charge in [-0.15, -0.1) is 0 Å². The molecule has 1 aromatic rings. The van der Waals surface area contributed by atoms with Crippen LogP contribution in [0.4, 0.5) is 0 Å². The van der Waals surface area contributed by atoms with Gasteiger partial charge in [0.2, 0.25) is 0 Å². The number of Topliss-reactive ketones (excluding diaryl/α,β-unsaturated/α-hetero) is 1. The minimum atomic E-state index is 0.0543. The summed E-state index contributed by atoms with van der Waals surface area (Å²) >= 11 is 0. The summed E-state index contributed by atoms with van der Waals surface area (Å²) in [5, 5.41) is 0. The first kappa shape index (κ1) is 12.3. The summed E-state index contributed by atoms with van der Waals surface area (Å²) in [6, 6.07) is 5.92. The van der Waals surface area contributed by atoms with Gasteiger partial charge in [0.25, 0.3) is 0 Å². The molecule has 0 saturated heterocycles. The average Bonchev–Trinajstić information content (AvgIpc) is 2.85. The van der Waals surface area contributed by atoms with Crippen molar-refractivity contribution in [1.82, 2.24) is 4.98 Å². The number of hydrogen-bond acceptors (Lipinski definition) is 2. The highest BCUT2D eigenvalue weighted by Crippen LogP contribution is 2.37. The van der Waals surface area contributed by atoms with Gasteiger partial charge in [0, 0.05) is 12.6 Å². The molecule has 1 aromatic heterocycles. The predicted molar refractivity (Wildman–Crippen MR) is 68.9 cm³/mol. The van der Waals surface area contributed by atoms with Gasteiger partial charge in [-0.3, -0.25) is 9.78 Å². The van der Waals surface area contributed by atoms with Crippen molar-refractivity contribution in [2.45, 2.75) is 51.4 Å². The molecule has 2 heteroatoms. The monoisotopic (exact) mass is 231 g/mol. The molecular formula is C15H21NO. The highest BCUT2D eigenvalue weighted by atomic mass is 16.1. The molecule has 17 heavy (non-hydrogen) atoms. The van der Waals surface area contributed by atoms with Gasteiger partial charge < -0.3 is 0 Å². The minimum Gasteiger partial charge on any atom is -0.299 e. The van der Waals surface area contributed by atoms with Gasteiger partial charge in [-0.1, -0.05) is 25.8 Å². The van der Waals surface area contributed by atoms with Crippen molar-refractivity contribution in [1.29, 1.82) is 0 Å². The molecule has 0 N–H and O–H groups in total. The van der Waals surface area contributed by atoms with E-state index in [1.54, 1.807) is 6.20 Å². The molecule has 1 unspecified atom stereocenters. The lowest BCUT2D eigenvalue weighted by molar-refractivity contribution is -0.121. The lowest BCUT2D eigenvalue weighted by Crippen LogP contribution is -2.21. The first-order valence-electron chi connectivity index (χ1n) is 6.76. The lowest BCUT2D eigenvalue weighted by Gasteiger charge is -2.21. The van der Waals surface area contributed by atoms with Crippen LogP contribution in [0.2, 0.25) is 0 Å². The van der Waals surface area contributed by atoms with Crippen molar-refractivity contribution < 1.29 is 4.79 Å². The Bertz CT molecular complexity index is 354. The van der Waals surface area contributed by atoms with Crippen molar-refractivity contribution >= 4 is 5.78 Å². The van der Waals surface area contributed by atoms with Gasteiger partial charge >= 0.3 is 0 Å². The van der Waals surface area contributed by atoms with Crippen LogP contribution in [0, 0.1) is 5.92 Å². The second-order valence-corrected chi connectivity index (χ2v) is 4.99. The van der Waals surface area contributed by atoms with Gasteiger partial charge in [0.1, 0.15) is 5.78 Å². The molecule has 0 spiro atoms. The molecule has 1 aliphatic carbocycles. The largest absolute Gasteiger partial charge is 0.299 e. The maximum Gasteiger partial charge on any atom is 0.142 e. The maximum atomic E-state index is 12.3. The van der Waals surface area contributed by atoms with E-state index in [-0.39, 0.29) is 5.92 Å². The van der Waals surface area contributed by atoms with Gasteiger partial charge in [-0.05, 0) is 37.3 Å². The van der Waals surface area contributed by atoms with E-state index >= 15 is 0 Å². The number of carbonyl (C=O) groups is 1. The molecule has 1 fully saturated rings. The van der Waals surface area contributed by atoms with E-state index in [1.807, 2.05) is 18.2 Å². The zero-order valence-electron chi connectivity index (χ0n) is 10.6. The van der Waals surface area contributed by atoms with Crippen LogP contribution in [0.15, 0.2) is 24.4 Å². The number of nitrogens with zero attached hydrogens (tertiary/aromatic N) is 1. The number of carbonyl (C=O) groups excluding carboxylic acids is 1. The SMILES string of the molecule is CCCC(=O)C(c1ccccn1)C1CCCC1. The number of pyridine rings is 1. The van der Waals surface area contributed by atoms with Gasteiger partial charge in [-0.25, -0.2) is 0 Å². The Balaban J connectivity index is 2.20. The van der Waals surface area contributed by atoms with Crippen molar-refractivity contribution in [3.63, 3.8) is 0 Å². The van der Waals surface area contributed by atoms with Crippen molar-refractivity contribution in [2.24, 2.45) is 5.92 Å². The number of rotatable bonds is 5. The summed E-state index contributed by atoms with van der Waals surface area (Å²) in [6.45, 7) is 2.07. The summed E-state index contributed by atoms with van der Waals surface area (Å²) < 4.78 is 0. The third kappa shape index (κ3) is 2.93. The highest BCUT2D eigenvalue weighted by Gasteiger charge is 2.31. The van der Waals surface area contributed by atoms with Gasteiger partial charge in [-0.2, -0.15) is 0 Å². The second-order valence-electron chi connectivity index (χ2n) is 4.99. The third-order valence-electron chi connectivity index (χ3n) is 3.72. The molecular weight excluding hydrogens is 210 g/mol. The fourth-order valence-corrected chi connectivity index (χ4v) is 2.92. The summed E-state index contributed by atoms with van der Waals surface area (Å²) in [5.41, 5.74) is 0.984. The molecule has 2 nitrogen and oxygen atoms in total. The Labute approximate surface area is 103 Å². The molecule has 1 heterocycles. The summed E-state index contributed by atoms with van der Waals surface area (Å²) in [7, 11) is 0. The Kier molecular flexibility index (Phi) is 4.29. The van der Waals surface area contributed by atoms with E-state index in [0.717, 1.165) is 12.1 Å². The Morgan fingerprint density at radius 1 is 1.41 bits per heavy atom. The van der Waals surface area contributed by atoms with Crippen molar-refractivity contribution in [2.75, 3.05) is 0 Å². The van der Waals surface area contributed by atoms with Crippen LogP contribution in [0.5, 0.6) is 0 Å². The van der Waals surface area contributed by atoms with Crippen LogP contribution in [-0.4, -0.2) is 10.8 Å². The molecule has 2 rings (SSSR count). The number of aromatic nitrogens is 1. The first-order chi connectivity index (χ1) is 8.33. The van der Waals surface area contributed by atoms with Crippen LogP contribution >= 0.6 is 0 Å². The average molecular weight is 231 g/mol. The van der Waals surface area contributed by atoms with E-state index in [4.69, 9.17) is 0 Å². The summed E-state index contributed by atoms with van der Waals surface area (Å²) in [5.74, 6) is 0.973. The maximum absolute atomic E-state index is 12.3. The van der Waals surface area contributed by atoms with Crippen molar-refractivity contribution in [3.8, 4) is 0 Å². The Morgan fingerprint density at radius 2 is 2.18 bits per heavy atom. The quantitative estimate of drug-likeness (QED) is 0.773. The fourth-order valence-electron chi connectivity index (χ4n) is 2.92. The number of hydrogen-bond donors (Lipinski definition) is 0. The van der Waals surface area contributed by atoms with Crippen LogP contribution in [0.1, 0.15) is 57.1 Å². The molecule has 0 radical (unpaired) electrons. The van der Waals surface area contributed by atoms with Gasteiger partial charge in [0.05, 0.1) is 11.6 Å². The van der Waals surface area contributed by atoms with Crippen LogP contribution in [0.3, 0.4) is 0 Å². The second kappa shape index (κ2) is 5.95. The highest BCUT2D eigenvalue weighted by molar-refractivity contribution is 5.85. The molecule has 0 aliphatic heterocycles. The molecule has 1 atom stereocenters. The van der Waals surface area contributed by atoms with E-state index < -0.39 is 0 Å². The zero-order chi connectivity index (χ0) is 12.1. The fraction of sp³-hybridized carbons (Fsp3) is 0.600. The number of ketones is 1. The van der Waals surface area contributed by atoms with E-state index in [1.165, 1.54) is 25.7 Å². The first-order valence-corrected chi connectivity index (χ1v) is 6.76. The topological polar surface area (TPSA) is 30.0 Å². The molecule has 1 saturated carbocycles. The summed E-state index contributed by atoms with van der Waals surface area (Å²) in [6.07, 6.45) is 8.36. The van der Waals surface area contributed by atoms with E-state index in [9.17, 15) is 4.79 Å². The minimum absolute atomic E-state index is 0.0543. The van der Waals surface area contributed by atoms with Crippen LogP contribution < -0.4 is 0 Å². The van der Waals surface area contributed by atoms with Gasteiger partial charge in [0.15, 0.2) is 0 Å². The predicted octanol–water partition coefficient (Wildman–Crippen LogP) is 3.72. The molecule has 92 valence electrons. The standard InChI is InChI=1S/C15H21NO/c1-2-7-14(17)15(12-8-3-4-9-12)13-10-5-6-11-16-13/h5-6,10-12,15H,2-4,7-9H2,1H3. The van der Waals surface area contributed by atoms with Crippen molar-refractivity contribution in [3.05, 3.63) is 30.1 Å².